The zero-order valence-corrected chi connectivity index (χ0v) is 15.8. The number of benzene rings is 1. The third-order valence-corrected chi connectivity index (χ3v) is 5.40. The minimum Gasteiger partial charge on any atom is -0.492 e. The molecule has 1 saturated heterocycles. The Labute approximate surface area is 160 Å². The van der Waals surface area contributed by atoms with E-state index < -0.39 is 17.2 Å². The van der Waals surface area contributed by atoms with Crippen molar-refractivity contribution in [1.82, 2.24) is 9.88 Å². The van der Waals surface area contributed by atoms with Crippen LogP contribution in [-0.4, -0.2) is 56.0 Å². The van der Waals surface area contributed by atoms with Gasteiger partial charge in [0, 0.05) is 45.5 Å². The Balaban J connectivity index is 2.15. The van der Waals surface area contributed by atoms with Crippen molar-refractivity contribution in [3.8, 4) is 5.75 Å². The first kappa shape index (κ1) is 18.5. The summed E-state index contributed by atoms with van der Waals surface area (Å²) in [5.41, 5.74) is -0.330. The molecule has 9 heteroatoms. The zero-order valence-electron chi connectivity index (χ0n) is 15.8. The highest BCUT2D eigenvalue weighted by molar-refractivity contribution is 6.04. The lowest BCUT2D eigenvalue weighted by Crippen LogP contribution is -2.44. The van der Waals surface area contributed by atoms with Crippen molar-refractivity contribution in [2.45, 2.75) is 18.9 Å². The monoisotopic (exact) mass is 390 g/mol. The first-order valence-corrected chi connectivity index (χ1v) is 9.34. The van der Waals surface area contributed by atoms with E-state index >= 15 is 4.39 Å². The number of methoxy groups -OCH3 is 1. The molecular formula is C19H23FN4O4. The molecule has 2 aliphatic rings. The van der Waals surface area contributed by atoms with Crippen LogP contribution >= 0.6 is 0 Å². The van der Waals surface area contributed by atoms with Crippen LogP contribution in [0, 0.1) is 5.82 Å². The van der Waals surface area contributed by atoms with E-state index in [0.29, 0.717) is 37.4 Å². The summed E-state index contributed by atoms with van der Waals surface area (Å²) in [6.45, 7) is 2.62. The van der Waals surface area contributed by atoms with Crippen molar-refractivity contribution in [2.24, 2.45) is 0 Å². The van der Waals surface area contributed by atoms with Crippen molar-refractivity contribution in [2.75, 3.05) is 50.6 Å². The molecule has 1 aliphatic heterocycles. The number of nitrogens with one attached hydrogen (secondary N) is 2. The van der Waals surface area contributed by atoms with E-state index in [-0.39, 0.29) is 28.4 Å². The van der Waals surface area contributed by atoms with Crippen LogP contribution in [0.2, 0.25) is 0 Å². The van der Waals surface area contributed by atoms with E-state index in [4.69, 9.17) is 4.74 Å². The highest BCUT2D eigenvalue weighted by Gasteiger charge is 2.33. The van der Waals surface area contributed by atoms with Gasteiger partial charge in [-0.15, -0.1) is 0 Å². The van der Waals surface area contributed by atoms with Crippen molar-refractivity contribution >= 4 is 28.2 Å². The van der Waals surface area contributed by atoms with E-state index in [1.54, 1.807) is 4.57 Å². The topological polar surface area (TPSA) is 95.8 Å². The summed E-state index contributed by atoms with van der Waals surface area (Å²) < 4.78 is 23.0. The molecule has 4 rings (SSSR count). The number of fused-ring (bicyclic) bond motifs is 1. The fraction of sp³-hybridized carbons (Fsp3) is 0.474. The minimum atomic E-state index is -1.33. The number of rotatable bonds is 5. The lowest BCUT2D eigenvalue weighted by molar-refractivity contribution is 0.0695. The number of pyridine rings is 1. The largest absolute Gasteiger partial charge is 0.492 e. The molecule has 1 aromatic carbocycles. The van der Waals surface area contributed by atoms with E-state index in [0.717, 1.165) is 12.8 Å². The van der Waals surface area contributed by atoms with E-state index in [1.165, 1.54) is 20.4 Å². The van der Waals surface area contributed by atoms with Crippen LogP contribution < -0.4 is 25.7 Å². The summed E-state index contributed by atoms with van der Waals surface area (Å²) in [6, 6.07) is 0.0705. The predicted molar refractivity (Wildman–Crippen MR) is 105 cm³/mol. The molecule has 3 N–H and O–H groups in total. The van der Waals surface area contributed by atoms with Crippen LogP contribution in [0.5, 0.6) is 5.75 Å². The van der Waals surface area contributed by atoms with E-state index in [2.05, 4.69) is 10.6 Å². The third kappa shape index (κ3) is 2.77. The number of piperazine rings is 1. The second-order valence-corrected chi connectivity index (χ2v) is 7.10. The van der Waals surface area contributed by atoms with Gasteiger partial charge in [-0.2, -0.15) is 0 Å². The van der Waals surface area contributed by atoms with Gasteiger partial charge in [-0.1, -0.05) is 0 Å². The second kappa shape index (κ2) is 6.97. The molecule has 0 radical (unpaired) electrons. The number of anilines is 2. The molecule has 0 atom stereocenters. The molecule has 1 saturated carbocycles. The molecule has 1 aliphatic carbocycles. The fourth-order valence-corrected chi connectivity index (χ4v) is 3.93. The van der Waals surface area contributed by atoms with Crippen molar-refractivity contribution in [3.63, 3.8) is 0 Å². The number of nitrogens with zero attached hydrogens (tertiary/aromatic N) is 2. The Morgan fingerprint density at radius 1 is 1.36 bits per heavy atom. The minimum absolute atomic E-state index is 0.00633. The lowest BCUT2D eigenvalue weighted by Gasteiger charge is -2.32. The average Bonchev–Trinajstić information content (AvgIpc) is 3.53. The SMILES string of the molecule is CNc1c(F)c(N2CCNCC2)c(OC)c2c1c(=O)c(C(=O)O)cn2C1CC1. The van der Waals surface area contributed by atoms with Gasteiger partial charge in [-0.3, -0.25) is 4.79 Å². The summed E-state index contributed by atoms with van der Waals surface area (Å²) in [6.07, 6.45) is 3.11. The molecule has 0 amide bonds. The number of ether oxygens (including phenoxy) is 1. The summed E-state index contributed by atoms with van der Waals surface area (Å²) in [7, 11) is 2.98. The number of carboxylic acid groups (broad SMARTS) is 1. The maximum Gasteiger partial charge on any atom is 0.341 e. The summed E-state index contributed by atoms with van der Waals surface area (Å²) in [5, 5.41) is 15.5. The van der Waals surface area contributed by atoms with E-state index in [9.17, 15) is 14.7 Å². The quantitative estimate of drug-likeness (QED) is 0.714. The normalized spacial score (nSPS) is 17.0. The number of carbonyl (C=O) groups is 1. The van der Waals surface area contributed by atoms with Crippen LogP contribution in [0.25, 0.3) is 10.9 Å². The fourth-order valence-electron chi connectivity index (χ4n) is 3.93. The Kier molecular flexibility index (Phi) is 4.62. The maximum absolute atomic E-state index is 15.6. The van der Waals surface area contributed by atoms with Gasteiger partial charge in [0.2, 0.25) is 5.43 Å². The summed E-state index contributed by atoms with van der Waals surface area (Å²) in [5.74, 6) is -1.65. The Hall–Kier alpha value is -2.81. The molecule has 2 aromatic rings. The molecule has 0 bridgehead atoms. The highest BCUT2D eigenvalue weighted by atomic mass is 19.1. The smallest absolute Gasteiger partial charge is 0.341 e. The molecule has 0 spiro atoms. The van der Waals surface area contributed by atoms with Crippen LogP contribution in [0.1, 0.15) is 29.2 Å². The number of aromatic carboxylic acids is 1. The van der Waals surface area contributed by atoms with Gasteiger partial charge in [0.25, 0.3) is 0 Å². The molecule has 2 heterocycles. The van der Waals surface area contributed by atoms with E-state index in [1.807, 2.05) is 4.90 Å². The third-order valence-electron chi connectivity index (χ3n) is 5.40. The summed E-state index contributed by atoms with van der Waals surface area (Å²) in [4.78, 5) is 26.5. The Bertz CT molecular complexity index is 1010. The van der Waals surface area contributed by atoms with Crippen LogP contribution in [0.15, 0.2) is 11.0 Å². The second-order valence-electron chi connectivity index (χ2n) is 7.10. The number of hydrogen-bond acceptors (Lipinski definition) is 6. The van der Waals surface area contributed by atoms with Gasteiger partial charge in [0.15, 0.2) is 11.6 Å². The van der Waals surface area contributed by atoms with Crippen LogP contribution in [0.4, 0.5) is 15.8 Å². The zero-order chi connectivity index (χ0) is 20.0. The standard InChI is InChI=1S/C19H23FN4O4/c1-21-14-12-15(24(10-3-4-10)9-11(17(12)25)19(26)27)18(28-2)16(13(14)20)23-7-5-22-6-8-23/h9-10,21-22H,3-8H2,1-2H3,(H,26,27). The van der Waals surface area contributed by atoms with Gasteiger partial charge < -0.3 is 29.9 Å². The van der Waals surface area contributed by atoms with Crippen molar-refractivity contribution < 1.29 is 19.0 Å². The number of halogens is 1. The Morgan fingerprint density at radius 3 is 2.57 bits per heavy atom. The van der Waals surface area contributed by atoms with Crippen molar-refractivity contribution in [1.29, 1.82) is 0 Å². The molecule has 28 heavy (non-hydrogen) atoms. The van der Waals surface area contributed by atoms with Gasteiger partial charge in [0.05, 0.1) is 23.7 Å². The lowest BCUT2D eigenvalue weighted by atomic mass is 10.0. The number of carboxylic acids is 1. The predicted octanol–water partition coefficient (Wildman–Crippen LogP) is 1.63. The molecule has 1 aromatic heterocycles. The number of aromatic nitrogens is 1. The molecule has 0 unspecified atom stereocenters. The average molecular weight is 390 g/mol. The summed E-state index contributed by atoms with van der Waals surface area (Å²) >= 11 is 0. The van der Waals surface area contributed by atoms with Crippen LogP contribution in [-0.2, 0) is 0 Å². The first-order valence-electron chi connectivity index (χ1n) is 9.34. The highest BCUT2D eigenvalue weighted by Crippen LogP contribution is 2.46. The molecule has 8 nitrogen and oxygen atoms in total. The van der Waals surface area contributed by atoms with Gasteiger partial charge in [-0.25, -0.2) is 9.18 Å². The first-order chi connectivity index (χ1) is 13.5. The molecular weight excluding hydrogens is 367 g/mol. The van der Waals surface area contributed by atoms with Gasteiger partial charge in [0.1, 0.15) is 11.3 Å². The molecule has 150 valence electrons. The van der Waals surface area contributed by atoms with Gasteiger partial charge >= 0.3 is 5.97 Å². The van der Waals surface area contributed by atoms with Crippen LogP contribution in [0.3, 0.4) is 0 Å². The van der Waals surface area contributed by atoms with Crippen molar-refractivity contribution in [3.05, 3.63) is 27.8 Å². The molecule has 2 fully saturated rings. The number of hydrogen-bond donors (Lipinski definition) is 3. The van der Waals surface area contributed by atoms with Gasteiger partial charge in [-0.05, 0) is 12.8 Å². The maximum atomic E-state index is 15.6. The Morgan fingerprint density at radius 2 is 2.04 bits per heavy atom.